The molecule has 0 saturated heterocycles. The first-order chi connectivity index (χ1) is 12.6. The third kappa shape index (κ3) is 3.10. The number of aromatic nitrogens is 1. The largest absolute Gasteiger partial charge is 0.457 e. The zero-order valence-electron chi connectivity index (χ0n) is 13.3. The first-order valence-electron chi connectivity index (χ1n) is 7.68. The highest BCUT2D eigenvalue weighted by atomic mass is 35.5. The van der Waals surface area contributed by atoms with E-state index in [9.17, 15) is 10.1 Å². The highest BCUT2D eigenvalue weighted by Gasteiger charge is 2.13. The molecule has 0 fully saturated rings. The summed E-state index contributed by atoms with van der Waals surface area (Å²) in [4.78, 5) is 14.6. The van der Waals surface area contributed by atoms with Gasteiger partial charge in [0.1, 0.15) is 17.0 Å². The number of nitro groups is 1. The Hall–Kier alpha value is -3.38. The number of fused-ring (bicyclic) bond motifs is 1. The molecule has 6 nitrogen and oxygen atoms in total. The highest BCUT2D eigenvalue weighted by molar-refractivity contribution is 6.33. The summed E-state index contributed by atoms with van der Waals surface area (Å²) in [6.45, 7) is 0. The maximum atomic E-state index is 10.8. The van der Waals surface area contributed by atoms with E-state index in [0.29, 0.717) is 28.6 Å². The number of oxazole rings is 1. The minimum atomic E-state index is -0.494. The van der Waals surface area contributed by atoms with Gasteiger partial charge in [-0.1, -0.05) is 23.7 Å². The number of hydrogen-bond acceptors (Lipinski definition) is 5. The molecule has 2 aromatic carbocycles. The average molecular weight is 367 g/mol. The Bertz CT molecular complexity index is 1110. The molecule has 0 aliphatic rings. The van der Waals surface area contributed by atoms with Gasteiger partial charge in [-0.15, -0.1) is 0 Å². The molecule has 0 radical (unpaired) electrons. The van der Waals surface area contributed by atoms with Crippen LogP contribution in [0.1, 0.15) is 11.7 Å². The van der Waals surface area contributed by atoms with E-state index in [1.807, 2.05) is 24.3 Å². The summed E-state index contributed by atoms with van der Waals surface area (Å²) in [7, 11) is 0. The third-order valence-electron chi connectivity index (χ3n) is 3.76. The number of rotatable bonds is 4. The molecule has 7 heteroatoms. The van der Waals surface area contributed by atoms with Crippen LogP contribution in [0.2, 0.25) is 5.02 Å². The van der Waals surface area contributed by atoms with Crippen molar-refractivity contribution in [3.05, 3.63) is 81.4 Å². The molecule has 0 unspecified atom stereocenters. The summed E-state index contributed by atoms with van der Waals surface area (Å²) in [5.41, 5.74) is 2.01. The number of hydrogen-bond donors (Lipinski definition) is 0. The van der Waals surface area contributed by atoms with Crippen LogP contribution in [0.3, 0.4) is 0 Å². The minimum absolute atomic E-state index is 0.0682. The molecule has 0 spiro atoms. The van der Waals surface area contributed by atoms with Gasteiger partial charge >= 0.3 is 0 Å². The summed E-state index contributed by atoms with van der Waals surface area (Å²) in [6, 6.07) is 15.3. The van der Waals surface area contributed by atoms with Gasteiger partial charge in [-0.05, 0) is 36.4 Å². The predicted octanol–water partition coefficient (Wildman–Crippen LogP) is 5.82. The van der Waals surface area contributed by atoms with Crippen molar-refractivity contribution in [2.45, 2.75) is 0 Å². The van der Waals surface area contributed by atoms with Crippen LogP contribution in [0.15, 0.2) is 63.4 Å². The van der Waals surface area contributed by atoms with Crippen molar-refractivity contribution in [2.24, 2.45) is 0 Å². The standard InChI is InChI=1S/C19H11ClN2O4/c20-15-11-12(22(23)24)5-8-14(15)17-9-6-13(25-17)7-10-19-21-16-3-1-2-4-18(16)26-19/h1-11H/b10-7+. The van der Waals surface area contributed by atoms with Gasteiger partial charge in [0.15, 0.2) is 5.58 Å². The lowest BCUT2D eigenvalue weighted by Gasteiger charge is -2.00. The SMILES string of the molecule is O=[N+]([O-])c1ccc(-c2ccc(/C=C/c3nc4ccccc4o3)o2)c(Cl)c1. The van der Waals surface area contributed by atoms with Crippen LogP contribution in [-0.2, 0) is 0 Å². The second-order valence-corrected chi connectivity index (χ2v) is 5.88. The molecule has 0 bridgehead atoms. The molecular weight excluding hydrogens is 356 g/mol. The molecule has 2 heterocycles. The van der Waals surface area contributed by atoms with Crippen molar-refractivity contribution in [1.29, 1.82) is 0 Å². The van der Waals surface area contributed by atoms with Crippen LogP contribution in [0.4, 0.5) is 5.69 Å². The lowest BCUT2D eigenvalue weighted by Crippen LogP contribution is -1.88. The minimum Gasteiger partial charge on any atom is -0.457 e. The van der Waals surface area contributed by atoms with E-state index in [1.165, 1.54) is 12.1 Å². The van der Waals surface area contributed by atoms with Crippen LogP contribution < -0.4 is 0 Å². The van der Waals surface area contributed by atoms with Gasteiger partial charge in [0, 0.05) is 23.8 Å². The molecule has 4 rings (SSSR count). The molecule has 2 aromatic heterocycles. The molecule has 0 amide bonds. The van der Waals surface area contributed by atoms with E-state index in [1.54, 1.807) is 30.4 Å². The van der Waals surface area contributed by atoms with Gasteiger partial charge < -0.3 is 8.83 Å². The van der Waals surface area contributed by atoms with Crippen molar-refractivity contribution in [3.8, 4) is 11.3 Å². The van der Waals surface area contributed by atoms with E-state index in [2.05, 4.69) is 4.98 Å². The number of non-ortho nitro benzene ring substituents is 1. The van der Waals surface area contributed by atoms with E-state index in [4.69, 9.17) is 20.4 Å². The number of para-hydroxylation sites is 2. The number of halogens is 1. The monoisotopic (exact) mass is 366 g/mol. The van der Waals surface area contributed by atoms with Crippen molar-refractivity contribution < 1.29 is 13.8 Å². The lowest BCUT2D eigenvalue weighted by molar-refractivity contribution is -0.384. The highest BCUT2D eigenvalue weighted by Crippen LogP contribution is 2.32. The molecule has 0 aliphatic heterocycles. The summed E-state index contributed by atoms with van der Waals surface area (Å²) in [5, 5.41) is 11.0. The summed E-state index contributed by atoms with van der Waals surface area (Å²) < 4.78 is 11.3. The van der Waals surface area contributed by atoms with Crippen molar-refractivity contribution >= 4 is 40.5 Å². The van der Waals surface area contributed by atoms with Crippen molar-refractivity contribution in [3.63, 3.8) is 0 Å². The maximum Gasteiger partial charge on any atom is 0.270 e. The number of nitro benzene ring substituents is 1. The summed E-state index contributed by atoms with van der Waals surface area (Å²) in [5.74, 6) is 1.57. The Morgan fingerprint density at radius 2 is 1.88 bits per heavy atom. The molecule has 0 saturated carbocycles. The van der Waals surface area contributed by atoms with Crippen LogP contribution in [0, 0.1) is 10.1 Å². The first-order valence-corrected chi connectivity index (χ1v) is 8.06. The molecule has 0 aliphatic carbocycles. The van der Waals surface area contributed by atoms with Crippen molar-refractivity contribution in [1.82, 2.24) is 4.98 Å². The summed E-state index contributed by atoms with van der Waals surface area (Å²) in [6.07, 6.45) is 3.44. The molecular formula is C19H11ClN2O4. The zero-order chi connectivity index (χ0) is 18.1. The number of nitrogens with zero attached hydrogens (tertiary/aromatic N) is 2. The van der Waals surface area contributed by atoms with Gasteiger partial charge in [-0.25, -0.2) is 4.98 Å². The Kier molecular flexibility index (Phi) is 4.02. The van der Waals surface area contributed by atoms with Gasteiger partial charge in [0.25, 0.3) is 5.69 Å². The Morgan fingerprint density at radius 3 is 2.65 bits per heavy atom. The second-order valence-electron chi connectivity index (χ2n) is 5.48. The van der Waals surface area contributed by atoms with Crippen molar-refractivity contribution in [2.75, 3.05) is 0 Å². The number of furan rings is 1. The zero-order valence-corrected chi connectivity index (χ0v) is 14.0. The van der Waals surface area contributed by atoms with Crippen LogP contribution >= 0.6 is 11.6 Å². The van der Waals surface area contributed by atoms with Crippen LogP contribution in [0.25, 0.3) is 34.6 Å². The molecule has 128 valence electrons. The molecule has 0 N–H and O–H groups in total. The lowest BCUT2D eigenvalue weighted by atomic mass is 10.1. The quantitative estimate of drug-likeness (QED) is 0.335. The molecule has 4 aromatic rings. The first kappa shape index (κ1) is 16.1. The molecule has 26 heavy (non-hydrogen) atoms. The van der Waals surface area contributed by atoms with Crippen LogP contribution in [0.5, 0.6) is 0 Å². The fourth-order valence-electron chi connectivity index (χ4n) is 2.52. The van der Waals surface area contributed by atoms with E-state index in [0.717, 1.165) is 5.52 Å². The second kappa shape index (κ2) is 6.50. The van der Waals surface area contributed by atoms with Gasteiger partial charge in [-0.3, -0.25) is 10.1 Å². The maximum absolute atomic E-state index is 10.8. The summed E-state index contributed by atoms with van der Waals surface area (Å²) >= 11 is 6.13. The van der Waals surface area contributed by atoms with Crippen LogP contribution in [-0.4, -0.2) is 9.91 Å². The Balaban J connectivity index is 1.59. The topological polar surface area (TPSA) is 82.3 Å². The fourth-order valence-corrected chi connectivity index (χ4v) is 2.79. The predicted molar refractivity (Wildman–Crippen MR) is 98.7 cm³/mol. The van der Waals surface area contributed by atoms with Gasteiger partial charge in [-0.2, -0.15) is 0 Å². The van der Waals surface area contributed by atoms with E-state index >= 15 is 0 Å². The third-order valence-corrected chi connectivity index (χ3v) is 4.07. The normalized spacial score (nSPS) is 11.4. The Labute approximate surface area is 152 Å². The van der Waals surface area contributed by atoms with E-state index in [-0.39, 0.29) is 10.7 Å². The smallest absolute Gasteiger partial charge is 0.270 e. The van der Waals surface area contributed by atoms with Gasteiger partial charge in [0.2, 0.25) is 5.89 Å². The fraction of sp³-hybridized carbons (Fsp3) is 0. The van der Waals surface area contributed by atoms with E-state index < -0.39 is 4.92 Å². The number of benzene rings is 2. The average Bonchev–Trinajstić information content (AvgIpc) is 3.26. The van der Waals surface area contributed by atoms with Gasteiger partial charge in [0.05, 0.1) is 9.95 Å². The Morgan fingerprint density at radius 1 is 1.04 bits per heavy atom. The molecule has 0 atom stereocenters.